The zero-order valence-corrected chi connectivity index (χ0v) is 10.7. The van der Waals surface area contributed by atoms with Crippen LogP contribution in [0.25, 0.3) is 0 Å². The van der Waals surface area contributed by atoms with Crippen LogP contribution in [0.4, 0.5) is 5.95 Å². The van der Waals surface area contributed by atoms with Crippen molar-refractivity contribution in [2.45, 2.75) is 32.2 Å². The normalized spacial score (nSPS) is 20.6. The van der Waals surface area contributed by atoms with E-state index in [0.29, 0.717) is 5.95 Å². The number of aliphatic imine (C=N–C) groups is 1. The van der Waals surface area contributed by atoms with Crippen molar-refractivity contribution >= 4 is 11.7 Å². The molecule has 2 heterocycles. The Kier molecular flexibility index (Phi) is 2.17. The molecule has 4 heteroatoms. The Hall–Kier alpha value is -1.97. The summed E-state index contributed by atoms with van der Waals surface area (Å²) in [7, 11) is 0. The lowest BCUT2D eigenvalue weighted by atomic mass is 9.92. The van der Waals surface area contributed by atoms with Crippen LogP contribution in [0.5, 0.6) is 0 Å². The van der Waals surface area contributed by atoms with E-state index in [1.807, 2.05) is 45.1 Å². The van der Waals surface area contributed by atoms with Crippen LogP contribution in [0, 0.1) is 0 Å². The number of fused-ring (bicyclic) bond motifs is 3. The fourth-order valence-corrected chi connectivity index (χ4v) is 2.16. The second kappa shape index (κ2) is 3.51. The van der Waals surface area contributed by atoms with E-state index in [1.54, 1.807) is 10.6 Å². The van der Waals surface area contributed by atoms with E-state index in [-0.39, 0.29) is 17.0 Å². The molecule has 1 unspecified atom stereocenters. The largest absolute Gasteiger partial charge is 0.269 e. The van der Waals surface area contributed by atoms with Crippen molar-refractivity contribution in [3.63, 3.8) is 0 Å². The fraction of sp³-hybridized carbons (Fsp3) is 0.357. The number of allylic oxidation sites excluding steroid dienone is 4. The van der Waals surface area contributed by atoms with Gasteiger partial charge in [0.2, 0.25) is 5.95 Å². The summed E-state index contributed by atoms with van der Waals surface area (Å²) >= 11 is 0. The average molecular weight is 241 g/mol. The van der Waals surface area contributed by atoms with Crippen molar-refractivity contribution in [1.82, 2.24) is 9.55 Å². The standard InChI is InChI=1S/C14H15N3O/c1-14(2,3)11-8-12(18)17-10-7-5-4-6-9(10)15-13(17)16-11/h4-8,10H,1-3H3. The predicted octanol–water partition coefficient (Wildman–Crippen LogP) is 2.29. The first-order valence-corrected chi connectivity index (χ1v) is 6.04. The summed E-state index contributed by atoms with van der Waals surface area (Å²) in [6.45, 7) is 6.13. The van der Waals surface area contributed by atoms with Crippen LogP contribution in [0.15, 0.2) is 40.2 Å². The molecule has 0 fully saturated rings. The zero-order valence-electron chi connectivity index (χ0n) is 10.7. The van der Waals surface area contributed by atoms with Gasteiger partial charge in [0.15, 0.2) is 0 Å². The van der Waals surface area contributed by atoms with Gasteiger partial charge in [-0.3, -0.25) is 9.36 Å². The number of aromatic nitrogens is 2. The molecule has 0 radical (unpaired) electrons. The molecule has 0 saturated carbocycles. The molecule has 3 rings (SSSR count). The van der Waals surface area contributed by atoms with Gasteiger partial charge in [-0.1, -0.05) is 39.0 Å². The van der Waals surface area contributed by atoms with Crippen LogP contribution in [-0.2, 0) is 5.41 Å². The summed E-state index contributed by atoms with van der Waals surface area (Å²) in [5.74, 6) is 0.517. The highest BCUT2D eigenvalue weighted by Gasteiger charge is 2.28. The second-order valence-electron chi connectivity index (χ2n) is 5.63. The lowest BCUT2D eigenvalue weighted by molar-refractivity contribution is 0.559. The lowest BCUT2D eigenvalue weighted by Gasteiger charge is -2.19. The summed E-state index contributed by atoms with van der Waals surface area (Å²) < 4.78 is 1.64. The Morgan fingerprint density at radius 2 is 2.06 bits per heavy atom. The van der Waals surface area contributed by atoms with E-state index >= 15 is 0 Å². The molecule has 0 aromatic carbocycles. The second-order valence-corrected chi connectivity index (χ2v) is 5.63. The molecule has 0 bridgehead atoms. The van der Waals surface area contributed by atoms with E-state index < -0.39 is 0 Å². The van der Waals surface area contributed by atoms with Crippen LogP contribution in [0.1, 0.15) is 32.5 Å². The lowest BCUT2D eigenvalue weighted by Crippen LogP contribution is -2.27. The maximum atomic E-state index is 12.2. The van der Waals surface area contributed by atoms with E-state index in [4.69, 9.17) is 0 Å². The molecular formula is C14H15N3O. The molecule has 1 aliphatic carbocycles. The Balaban J connectivity index is 2.21. The molecule has 0 N–H and O–H groups in total. The molecule has 1 atom stereocenters. The van der Waals surface area contributed by atoms with Crippen LogP contribution >= 0.6 is 0 Å². The Bertz CT molecular complexity index is 657. The third-order valence-corrected chi connectivity index (χ3v) is 3.18. The molecule has 1 aliphatic heterocycles. The molecule has 1 aromatic heterocycles. The van der Waals surface area contributed by atoms with E-state index in [0.717, 1.165) is 11.4 Å². The van der Waals surface area contributed by atoms with Gasteiger partial charge in [0, 0.05) is 11.5 Å². The molecule has 92 valence electrons. The van der Waals surface area contributed by atoms with Gasteiger partial charge in [-0.15, -0.1) is 0 Å². The fourth-order valence-electron chi connectivity index (χ4n) is 2.16. The minimum Gasteiger partial charge on any atom is -0.269 e. The van der Waals surface area contributed by atoms with Crippen molar-refractivity contribution in [2.24, 2.45) is 4.99 Å². The SMILES string of the molecule is CC(C)(C)c1cc(=O)n2c(n1)N=C1C=CC=CC12. The van der Waals surface area contributed by atoms with Gasteiger partial charge in [-0.25, -0.2) is 9.98 Å². The predicted molar refractivity (Wildman–Crippen MR) is 71.6 cm³/mol. The molecule has 4 nitrogen and oxygen atoms in total. The Labute approximate surface area is 105 Å². The number of hydrogen-bond donors (Lipinski definition) is 0. The van der Waals surface area contributed by atoms with Gasteiger partial charge >= 0.3 is 0 Å². The van der Waals surface area contributed by atoms with Crippen molar-refractivity contribution in [3.8, 4) is 0 Å². The Morgan fingerprint density at radius 1 is 1.28 bits per heavy atom. The average Bonchev–Trinajstić information content (AvgIpc) is 2.66. The molecule has 2 aliphatic rings. The first-order chi connectivity index (χ1) is 8.47. The highest BCUT2D eigenvalue weighted by molar-refractivity contribution is 6.03. The maximum absolute atomic E-state index is 12.2. The summed E-state index contributed by atoms with van der Waals surface area (Å²) in [6, 6.07) is 1.53. The first kappa shape index (κ1) is 11.1. The van der Waals surface area contributed by atoms with Crippen LogP contribution in [0.2, 0.25) is 0 Å². The van der Waals surface area contributed by atoms with Gasteiger partial charge in [0.25, 0.3) is 5.56 Å². The minimum atomic E-state index is -0.144. The van der Waals surface area contributed by atoms with Crippen molar-refractivity contribution in [1.29, 1.82) is 0 Å². The van der Waals surface area contributed by atoms with E-state index in [1.165, 1.54) is 0 Å². The molecule has 1 aromatic rings. The molecule has 18 heavy (non-hydrogen) atoms. The number of hydrogen-bond acceptors (Lipinski definition) is 3. The van der Waals surface area contributed by atoms with Gasteiger partial charge < -0.3 is 0 Å². The van der Waals surface area contributed by atoms with E-state index in [9.17, 15) is 4.79 Å². The first-order valence-electron chi connectivity index (χ1n) is 6.04. The summed E-state index contributed by atoms with van der Waals surface area (Å²) in [5.41, 5.74) is 1.49. The van der Waals surface area contributed by atoms with Crippen molar-refractivity contribution in [2.75, 3.05) is 0 Å². The van der Waals surface area contributed by atoms with Gasteiger partial charge in [-0.05, 0) is 6.08 Å². The highest BCUT2D eigenvalue weighted by Crippen LogP contribution is 2.29. The summed E-state index contributed by atoms with van der Waals surface area (Å²) in [5, 5.41) is 0. The smallest absolute Gasteiger partial charge is 0.256 e. The van der Waals surface area contributed by atoms with E-state index in [2.05, 4.69) is 9.98 Å². The third kappa shape index (κ3) is 1.56. The van der Waals surface area contributed by atoms with Crippen molar-refractivity contribution < 1.29 is 0 Å². The topological polar surface area (TPSA) is 47.2 Å². The highest BCUT2D eigenvalue weighted by atomic mass is 16.1. The monoisotopic (exact) mass is 241 g/mol. The molecule has 0 saturated heterocycles. The zero-order chi connectivity index (χ0) is 12.9. The van der Waals surface area contributed by atoms with Gasteiger partial charge in [0.1, 0.15) is 6.04 Å². The van der Waals surface area contributed by atoms with Crippen LogP contribution in [0.3, 0.4) is 0 Å². The van der Waals surface area contributed by atoms with Gasteiger partial charge in [0.05, 0.1) is 11.4 Å². The van der Waals surface area contributed by atoms with Crippen LogP contribution in [-0.4, -0.2) is 15.3 Å². The van der Waals surface area contributed by atoms with Crippen molar-refractivity contribution in [3.05, 3.63) is 46.4 Å². The molecule has 0 spiro atoms. The molecular weight excluding hydrogens is 226 g/mol. The maximum Gasteiger partial charge on any atom is 0.256 e. The summed E-state index contributed by atoms with van der Waals surface area (Å²) in [4.78, 5) is 21.2. The number of nitrogens with zero attached hydrogens (tertiary/aromatic N) is 3. The van der Waals surface area contributed by atoms with Crippen LogP contribution < -0.4 is 5.56 Å². The molecule has 0 amide bonds. The quantitative estimate of drug-likeness (QED) is 0.699. The van der Waals surface area contributed by atoms with Gasteiger partial charge in [-0.2, -0.15) is 0 Å². The number of rotatable bonds is 0. The Morgan fingerprint density at radius 3 is 2.78 bits per heavy atom. The third-order valence-electron chi connectivity index (χ3n) is 3.18. The summed E-state index contributed by atoms with van der Waals surface area (Å²) in [6.07, 6.45) is 7.75. The minimum absolute atomic E-state index is 0.0337.